The van der Waals surface area contributed by atoms with Crippen LogP contribution >= 0.6 is 0 Å². The van der Waals surface area contributed by atoms with Gasteiger partial charge in [0.2, 0.25) is 0 Å². The molecule has 2 aromatic carbocycles. The average Bonchev–Trinajstić information content (AvgIpc) is 3.01. The molecule has 1 aromatic heterocycles. The number of hydrogen-bond donors (Lipinski definition) is 2. The molecule has 2 unspecified atom stereocenters. The Labute approximate surface area is 179 Å². The molecule has 0 saturated heterocycles. The van der Waals surface area contributed by atoms with Crippen molar-refractivity contribution in [1.29, 1.82) is 0 Å². The smallest absolute Gasteiger partial charge is 0.255 e. The van der Waals surface area contributed by atoms with Crippen molar-refractivity contribution >= 4 is 32.4 Å². The summed E-state index contributed by atoms with van der Waals surface area (Å²) < 4.78 is 48.8. The number of fused-ring (bicyclic) bond motifs is 2. The molecule has 0 spiro atoms. The molecular formula is C22H23FN2O5S. The van der Waals surface area contributed by atoms with Crippen LogP contribution in [0.5, 0.6) is 0 Å². The Balaban J connectivity index is 1.88. The van der Waals surface area contributed by atoms with Gasteiger partial charge in [-0.2, -0.15) is 0 Å². The molecule has 7 nitrogen and oxygen atoms in total. The number of furan rings is 1. The molecule has 0 bridgehead atoms. The Morgan fingerprint density at radius 3 is 2.61 bits per heavy atom. The van der Waals surface area contributed by atoms with Crippen molar-refractivity contribution in [3.8, 4) is 11.3 Å². The van der Waals surface area contributed by atoms with Crippen LogP contribution in [0.4, 0.5) is 10.1 Å². The Morgan fingerprint density at radius 1 is 1.26 bits per heavy atom. The standard InChI is InChI=1S/C22H23FN2O5S/c1-12-16-8-17-19(9-18(16)25-15(10-29-12)11-31(3,27)28)30-21(20(17)22(26)24-2)13-4-6-14(23)7-5-13/h4-9,12,15,25H,10-11H2,1-3H3,(H,24,26). The summed E-state index contributed by atoms with van der Waals surface area (Å²) in [5.41, 5.74) is 2.85. The number of halogens is 1. The second-order valence-electron chi connectivity index (χ2n) is 7.74. The van der Waals surface area contributed by atoms with E-state index in [1.807, 2.05) is 13.0 Å². The molecule has 31 heavy (non-hydrogen) atoms. The van der Waals surface area contributed by atoms with Crippen LogP contribution in [0.1, 0.15) is 28.9 Å². The predicted octanol–water partition coefficient (Wildman–Crippen LogP) is 3.51. The van der Waals surface area contributed by atoms with E-state index < -0.39 is 15.9 Å². The van der Waals surface area contributed by atoms with E-state index in [9.17, 15) is 17.6 Å². The summed E-state index contributed by atoms with van der Waals surface area (Å²) in [4.78, 5) is 12.7. The normalized spacial score (nSPS) is 18.8. The number of ether oxygens (including phenoxy) is 1. The summed E-state index contributed by atoms with van der Waals surface area (Å²) >= 11 is 0. The highest BCUT2D eigenvalue weighted by Gasteiger charge is 2.28. The fraction of sp³-hybridized carbons (Fsp3) is 0.318. The maximum atomic E-state index is 13.4. The van der Waals surface area contributed by atoms with Gasteiger partial charge in [-0.25, -0.2) is 12.8 Å². The monoisotopic (exact) mass is 446 g/mol. The van der Waals surface area contributed by atoms with Crippen molar-refractivity contribution in [3.05, 3.63) is 53.3 Å². The van der Waals surface area contributed by atoms with Gasteiger partial charge >= 0.3 is 0 Å². The molecule has 1 amide bonds. The number of anilines is 1. The number of nitrogens with one attached hydrogen (secondary N) is 2. The summed E-state index contributed by atoms with van der Waals surface area (Å²) in [6.07, 6.45) is 0.864. The second-order valence-corrected chi connectivity index (χ2v) is 9.92. The molecule has 4 rings (SSSR count). The first-order valence-corrected chi connectivity index (χ1v) is 11.9. The molecule has 0 fully saturated rings. The van der Waals surface area contributed by atoms with Crippen LogP contribution < -0.4 is 10.6 Å². The van der Waals surface area contributed by atoms with Crippen LogP contribution in [0.15, 0.2) is 40.8 Å². The van der Waals surface area contributed by atoms with Crippen molar-refractivity contribution in [2.75, 3.05) is 31.0 Å². The van der Waals surface area contributed by atoms with E-state index in [2.05, 4.69) is 10.6 Å². The highest BCUT2D eigenvalue weighted by Crippen LogP contribution is 2.39. The largest absolute Gasteiger partial charge is 0.455 e. The number of benzene rings is 2. The van der Waals surface area contributed by atoms with Gasteiger partial charge < -0.3 is 19.8 Å². The molecule has 9 heteroatoms. The van der Waals surface area contributed by atoms with E-state index in [0.717, 1.165) is 5.56 Å². The highest BCUT2D eigenvalue weighted by molar-refractivity contribution is 7.90. The first-order valence-electron chi connectivity index (χ1n) is 9.80. The van der Waals surface area contributed by atoms with E-state index in [-0.39, 0.29) is 30.2 Å². The first-order chi connectivity index (χ1) is 14.7. The van der Waals surface area contributed by atoms with Crippen LogP contribution in [0, 0.1) is 5.82 Å². The maximum Gasteiger partial charge on any atom is 0.255 e. The molecule has 0 aliphatic carbocycles. The fourth-order valence-electron chi connectivity index (χ4n) is 3.84. The molecule has 2 atom stereocenters. The first kappa shape index (κ1) is 21.3. The number of carbonyl (C=O) groups is 1. The van der Waals surface area contributed by atoms with Gasteiger partial charge in [-0.1, -0.05) is 0 Å². The number of carbonyl (C=O) groups excluding carboxylic acids is 1. The minimum atomic E-state index is -3.21. The van der Waals surface area contributed by atoms with Crippen LogP contribution in [0.3, 0.4) is 0 Å². The lowest BCUT2D eigenvalue weighted by molar-refractivity contribution is 0.0666. The van der Waals surface area contributed by atoms with Crippen molar-refractivity contribution in [1.82, 2.24) is 5.32 Å². The molecule has 3 aromatic rings. The van der Waals surface area contributed by atoms with Gasteiger partial charge in [-0.3, -0.25) is 4.79 Å². The predicted molar refractivity (Wildman–Crippen MR) is 116 cm³/mol. The highest BCUT2D eigenvalue weighted by atomic mass is 32.2. The van der Waals surface area contributed by atoms with Gasteiger partial charge in [0, 0.05) is 41.6 Å². The molecule has 1 aliphatic heterocycles. The van der Waals surface area contributed by atoms with Crippen LogP contribution in [0.2, 0.25) is 0 Å². The Bertz CT molecular complexity index is 1250. The van der Waals surface area contributed by atoms with Crippen molar-refractivity contribution in [2.24, 2.45) is 0 Å². The Hall–Kier alpha value is -2.91. The van der Waals surface area contributed by atoms with E-state index in [1.165, 1.54) is 25.4 Å². The Morgan fingerprint density at radius 2 is 1.97 bits per heavy atom. The number of hydrogen-bond acceptors (Lipinski definition) is 6. The van der Waals surface area contributed by atoms with E-state index in [0.29, 0.717) is 33.5 Å². The molecule has 2 N–H and O–H groups in total. The molecule has 0 radical (unpaired) electrons. The quantitative estimate of drug-likeness (QED) is 0.637. The number of rotatable bonds is 4. The van der Waals surface area contributed by atoms with E-state index in [1.54, 1.807) is 18.2 Å². The van der Waals surface area contributed by atoms with Gasteiger partial charge in [0.1, 0.15) is 27.0 Å². The van der Waals surface area contributed by atoms with E-state index in [4.69, 9.17) is 9.15 Å². The third kappa shape index (κ3) is 4.28. The van der Waals surface area contributed by atoms with Gasteiger partial charge in [-0.15, -0.1) is 0 Å². The van der Waals surface area contributed by atoms with Crippen molar-refractivity contribution in [2.45, 2.75) is 19.1 Å². The molecule has 164 valence electrons. The SMILES string of the molecule is CNC(=O)c1c(-c2ccc(F)cc2)oc2cc3c(cc12)C(C)OCC(CS(C)(=O)=O)N3. The molecular weight excluding hydrogens is 423 g/mol. The molecule has 1 aliphatic rings. The van der Waals surface area contributed by atoms with E-state index >= 15 is 0 Å². The van der Waals surface area contributed by atoms with Gasteiger partial charge in [0.15, 0.2) is 0 Å². The third-order valence-corrected chi connectivity index (χ3v) is 6.28. The van der Waals surface area contributed by atoms with Gasteiger partial charge in [-0.05, 0) is 37.3 Å². The lowest BCUT2D eigenvalue weighted by atomic mass is 10.0. The van der Waals surface area contributed by atoms with Gasteiger partial charge in [0.05, 0.1) is 30.1 Å². The maximum absolute atomic E-state index is 13.4. The van der Waals surface area contributed by atoms with Gasteiger partial charge in [0.25, 0.3) is 5.91 Å². The fourth-order valence-corrected chi connectivity index (χ4v) is 4.75. The zero-order valence-electron chi connectivity index (χ0n) is 17.4. The summed E-state index contributed by atoms with van der Waals surface area (Å²) in [6.45, 7) is 2.10. The molecule has 2 heterocycles. The minimum Gasteiger partial charge on any atom is -0.455 e. The molecule has 0 saturated carbocycles. The third-order valence-electron chi connectivity index (χ3n) is 5.27. The summed E-state index contributed by atoms with van der Waals surface area (Å²) in [5, 5.41) is 6.47. The van der Waals surface area contributed by atoms with Crippen LogP contribution in [-0.4, -0.2) is 46.0 Å². The second kappa shape index (κ2) is 7.97. The van der Waals surface area contributed by atoms with Crippen LogP contribution in [0.25, 0.3) is 22.3 Å². The number of amides is 1. The Kier molecular flexibility index (Phi) is 5.49. The minimum absolute atomic E-state index is 0.0698. The zero-order chi connectivity index (χ0) is 22.3. The summed E-state index contributed by atoms with van der Waals surface area (Å²) in [6, 6.07) is 8.88. The lowest BCUT2D eigenvalue weighted by Crippen LogP contribution is -2.31. The average molecular weight is 447 g/mol. The topological polar surface area (TPSA) is 97.6 Å². The summed E-state index contributed by atoms with van der Waals surface area (Å²) in [5.74, 6) is -0.460. The van der Waals surface area contributed by atoms with Crippen molar-refractivity contribution in [3.63, 3.8) is 0 Å². The lowest BCUT2D eigenvalue weighted by Gasteiger charge is -2.16. The number of sulfone groups is 1. The van der Waals surface area contributed by atoms with Crippen molar-refractivity contribution < 1.29 is 26.8 Å². The van der Waals surface area contributed by atoms with Crippen LogP contribution in [-0.2, 0) is 14.6 Å². The summed E-state index contributed by atoms with van der Waals surface area (Å²) in [7, 11) is -1.68. The zero-order valence-corrected chi connectivity index (χ0v) is 18.2.